The van der Waals surface area contributed by atoms with Gasteiger partial charge in [0.2, 0.25) is 5.78 Å². The van der Waals surface area contributed by atoms with E-state index < -0.39 is 29.3 Å². The second-order valence-electron chi connectivity index (χ2n) is 8.81. The number of aliphatic hydroxyl groups excluding tert-OH is 1. The van der Waals surface area contributed by atoms with E-state index in [1.54, 1.807) is 24.3 Å². The number of para-hydroxylation sites is 1. The van der Waals surface area contributed by atoms with E-state index in [2.05, 4.69) is 4.90 Å². The Bertz CT molecular complexity index is 1330. The smallest absolute Gasteiger partial charge is 0.290 e. The molecule has 0 unspecified atom stereocenters. The van der Waals surface area contributed by atoms with E-state index in [0.717, 1.165) is 13.1 Å². The van der Waals surface area contributed by atoms with Crippen molar-refractivity contribution in [3.05, 3.63) is 77.0 Å². The van der Waals surface area contributed by atoms with Gasteiger partial charge in [0.1, 0.15) is 5.82 Å². The van der Waals surface area contributed by atoms with Crippen molar-refractivity contribution < 1.29 is 33.0 Å². The molecule has 3 aromatic rings. The summed E-state index contributed by atoms with van der Waals surface area (Å²) in [6.07, 6.45) is 0.591. The number of ether oxygens (including phenoxy) is 2. The molecule has 2 aliphatic heterocycles. The molecule has 1 saturated heterocycles. The Balaban J connectivity index is 1.48. The third-order valence-corrected chi connectivity index (χ3v) is 6.68. The lowest BCUT2D eigenvalue weighted by Gasteiger charge is -2.30. The van der Waals surface area contributed by atoms with Crippen LogP contribution in [0.3, 0.4) is 0 Å². The lowest BCUT2D eigenvalue weighted by molar-refractivity contribution is -0.129. The summed E-state index contributed by atoms with van der Waals surface area (Å²) >= 11 is 0. The molecule has 2 aromatic carbocycles. The number of rotatable bonds is 8. The Morgan fingerprint density at radius 2 is 1.92 bits per heavy atom. The zero-order chi connectivity index (χ0) is 25.2. The summed E-state index contributed by atoms with van der Waals surface area (Å²) in [5.41, 5.74) is 0.311. The Labute approximate surface area is 207 Å². The number of carbonyl (C=O) groups excluding carboxylic acids is 2. The molecule has 9 heteroatoms. The van der Waals surface area contributed by atoms with Crippen LogP contribution in [-0.2, 0) is 9.53 Å². The van der Waals surface area contributed by atoms with Gasteiger partial charge in [0.05, 0.1) is 31.9 Å². The molecule has 0 bridgehead atoms. The van der Waals surface area contributed by atoms with Crippen LogP contribution in [0.15, 0.2) is 64.3 Å². The molecular weight excluding hydrogens is 467 g/mol. The summed E-state index contributed by atoms with van der Waals surface area (Å²) in [4.78, 5) is 30.4. The van der Waals surface area contributed by atoms with Crippen molar-refractivity contribution in [3.8, 4) is 5.75 Å². The van der Waals surface area contributed by atoms with Gasteiger partial charge in [0.25, 0.3) is 5.91 Å². The average Bonchev–Trinajstić information content (AvgIpc) is 3.44. The molecular formula is C27H27FN2O6. The van der Waals surface area contributed by atoms with E-state index in [1.807, 2.05) is 0 Å². The minimum absolute atomic E-state index is 0.0691. The first kappa shape index (κ1) is 24.0. The number of amides is 1. The van der Waals surface area contributed by atoms with E-state index in [4.69, 9.17) is 13.9 Å². The van der Waals surface area contributed by atoms with Gasteiger partial charge in [0.15, 0.2) is 22.9 Å². The summed E-state index contributed by atoms with van der Waals surface area (Å²) in [6, 6.07) is 11.7. The summed E-state index contributed by atoms with van der Waals surface area (Å²) in [5.74, 6) is -2.26. The Morgan fingerprint density at radius 3 is 2.67 bits per heavy atom. The van der Waals surface area contributed by atoms with Crippen molar-refractivity contribution in [3.63, 3.8) is 0 Å². The van der Waals surface area contributed by atoms with E-state index in [-0.39, 0.29) is 23.4 Å². The molecule has 1 N–H and O–H groups in total. The van der Waals surface area contributed by atoms with Gasteiger partial charge in [-0.15, -0.1) is 0 Å². The highest BCUT2D eigenvalue weighted by Gasteiger charge is 2.45. The van der Waals surface area contributed by atoms with Crippen LogP contribution in [0.5, 0.6) is 5.75 Å². The van der Waals surface area contributed by atoms with E-state index in [1.165, 1.54) is 36.3 Å². The Kier molecular flexibility index (Phi) is 6.75. The summed E-state index contributed by atoms with van der Waals surface area (Å²) in [7, 11) is 1.49. The quantitative estimate of drug-likeness (QED) is 0.475. The van der Waals surface area contributed by atoms with Crippen LogP contribution in [0.25, 0.3) is 11.0 Å². The van der Waals surface area contributed by atoms with Crippen LogP contribution < -0.4 is 4.74 Å². The zero-order valence-corrected chi connectivity index (χ0v) is 19.9. The number of morpholine rings is 1. The van der Waals surface area contributed by atoms with Gasteiger partial charge >= 0.3 is 0 Å². The molecule has 36 heavy (non-hydrogen) atoms. The predicted molar refractivity (Wildman–Crippen MR) is 129 cm³/mol. The number of methoxy groups -OCH3 is 1. The first-order valence-corrected chi connectivity index (χ1v) is 11.9. The van der Waals surface area contributed by atoms with Crippen molar-refractivity contribution in [2.24, 2.45) is 0 Å². The number of halogens is 1. The highest BCUT2D eigenvalue weighted by atomic mass is 19.1. The molecule has 0 radical (unpaired) electrons. The zero-order valence-electron chi connectivity index (χ0n) is 19.9. The van der Waals surface area contributed by atoms with Gasteiger partial charge in [-0.3, -0.25) is 14.5 Å². The normalized spacial score (nSPS) is 18.9. The minimum Gasteiger partial charge on any atom is -0.503 e. The third kappa shape index (κ3) is 4.36. The van der Waals surface area contributed by atoms with Crippen molar-refractivity contribution in [1.29, 1.82) is 0 Å². The van der Waals surface area contributed by atoms with Gasteiger partial charge in [-0.25, -0.2) is 4.39 Å². The molecule has 0 saturated carbocycles. The van der Waals surface area contributed by atoms with Gasteiger partial charge < -0.3 is 23.9 Å². The second kappa shape index (κ2) is 10.1. The van der Waals surface area contributed by atoms with Crippen molar-refractivity contribution >= 4 is 22.7 Å². The lowest BCUT2D eigenvalue weighted by atomic mass is 9.94. The maximum absolute atomic E-state index is 15.0. The second-order valence-corrected chi connectivity index (χ2v) is 8.81. The molecule has 0 aliphatic carbocycles. The summed E-state index contributed by atoms with van der Waals surface area (Å²) in [5, 5.41) is 11.5. The molecule has 5 rings (SSSR count). The summed E-state index contributed by atoms with van der Waals surface area (Å²) in [6.45, 7) is 3.86. The topological polar surface area (TPSA) is 92.5 Å². The van der Waals surface area contributed by atoms with Gasteiger partial charge in [-0.2, -0.15) is 0 Å². The number of ketones is 1. The standard InChI is InChI=1S/C27H27FN2O6/c1-34-20-9-4-6-17-16-21(36-26(17)20)24(31)22-23(18-7-2-3-8-19(18)28)30(27(33)25(22)32)11-5-10-29-12-14-35-15-13-29/h2-4,6-9,16,23,32H,5,10-15H2,1H3/t23-/m1/s1. The maximum atomic E-state index is 15.0. The van der Waals surface area contributed by atoms with E-state index >= 15 is 0 Å². The van der Waals surface area contributed by atoms with Gasteiger partial charge in [0, 0.05) is 37.1 Å². The van der Waals surface area contributed by atoms with Gasteiger partial charge in [-0.05, 0) is 24.6 Å². The van der Waals surface area contributed by atoms with Crippen LogP contribution in [-0.4, -0.2) is 73.1 Å². The van der Waals surface area contributed by atoms with Crippen LogP contribution in [0.2, 0.25) is 0 Å². The molecule has 1 amide bonds. The molecule has 0 spiro atoms. The van der Waals surface area contributed by atoms with E-state index in [9.17, 15) is 19.1 Å². The number of hydrogen-bond donors (Lipinski definition) is 1. The lowest BCUT2D eigenvalue weighted by Crippen LogP contribution is -2.39. The number of benzene rings is 2. The molecule has 1 aromatic heterocycles. The van der Waals surface area contributed by atoms with Gasteiger partial charge in [-0.1, -0.05) is 30.3 Å². The predicted octanol–water partition coefficient (Wildman–Crippen LogP) is 3.88. The van der Waals surface area contributed by atoms with Crippen molar-refractivity contribution in [2.45, 2.75) is 12.5 Å². The van der Waals surface area contributed by atoms with Crippen molar-refractivity contribution in [2.75, 3.05) is 46.5 Å². The fourth-order valence-electron chi connectivity index (χ4n) is 4.87. The highest BCUT2D eigenvalue weighted by molar-refractivity contribution is 6.16. The number of aliphatic hydroxyl groups is 1. The molecule has 188 valence electrons. The number of Topliss-reactive ketones (excluding diaryl/α,β-unsaturated/α-hetero) is 1. The first-order chi connectivity index (χ1) is 17.5. The monoisotopic (exact) mass is 494 g/mol. The number of nitrogens with zero attached hydrogens (tertiary/aromatic N) is 2. The largest absolute Gasteiger partial charge is 0.503 e. The number of carbonyl (C=O) groups is 2. The fraction of sp³-hybridized carbons (Fsp3) is 0.333. The Morgan fingerprint density at radius 1 is 1.14 bits per heavy atom. The SMILES string of the molecule is COc1cccc2cc(C(=O)C3=C(O)C(=O)N(CCCN4CCOCC4)[C@@H]3c3ccccc3F)oc12. The number of hydrogen-bond acceptors (Lipinski definition) is 7. The third-order valence-electron chi connectivity index (χ3n) is 6.68. The molecule has 8 nitrogen and oxygen atoms in total. The van der Waals surface area contributed by atoms with Crippen molar-refractivity contribution in [1.82, 2.24) is 9.80 Å². The first-order valence-electron chi connectivity index (χ1n) is 11.9. The molecule has 1 atom stereocenters. The molecule has 2 aliphatic rings. The average molecular weight is 495 g/mol. The van der Waals surface area contributed by atoms with Crippen LogP contribution in [0, 0.1) is 5.82 Å². The molecule has 3 heterocycles. The van der Waals surface area contributed by atoms with Crippen LogP contribution in [0.1, 0.15) is 28.6 Å². The fourth-order valence-corrected chi connectivity index (χ4v) is 4.87. The highest BCUT2D eigenvalue weighted by Crippen LogP contribution is 2.41. The number of furan rings is 1. The maximum Gasteiger partial charge on any atom is 0.290 e. The summed E-state index contributed by atoms with van der Waals surface area (Å²) < 4.78 is 31.5. The Hall–Kier alpha value is -3.69. The van der Waals surface area contributed by atoms with E-state index in [0.29, 0.717) is 42.9 Å². The van der Waals surface area contributed by atoms with Crippen LogP contribution >= 0.6 is 0 Å². The number of fused-ring (bicyclic) bond motifs is 1. The minimum atomic E-state index is -1.08. The van der Waals surface area contributed by atoms with Crippen LogP contribution in [0.4, 0.5) is 4.39 Å². The molecule has 1 fully saturated rings.